The molecule has 0 aromatic rings. The van der Waals surface area contributed by atoms with Gasteiger partial charge in [-0.3, -0.25) is 9.59 Å². The molecule has 23 heavy (non-hydrogen) atoms. The summed E-state index contributed by atoms with van der Waals surface area (Å²) in [7, 11) is 3.39. The van der Waals surface area contributed by atoms with Crippen molar-refractivity contribution in [2.24, 2.45) is 4.99 Å². The van der Waals surface area contributed by atoms with Crippen LogP contribution in [-0.4, -0.2) is 61.4 Å². The number of carbonyl (C=O) groups excluding carboxylic acids is 2. The van der Waals surface area contributed by atoms with Crippen molar-refractivity contribution in [3.63, 3.8) is 0 Å². The van der Waals surface area contributed by atoms with Crippen LogP contribution in [0.2, 0.25) is 0 Å². The highest BCUT2D eigenvalue weighted by molar-refractivity contribution is 14.0. The number of guanidine groups is 1. The van der Waals surface area contributed by atoms with E-state index < -0.39 is 0 Å². The van der Waals surface area contributed by atoms with Crippen molar-refractivity contribution in [2.45, 2.75) is 52.6 Å². The quantitative estimate of drug-likeness (QED) is 0.326. The molecule has 0 heterocycles. The van der Waals surface area contributed by atoms with Gasteiger partial charge in [-0.05, 0) is 34.1 Å². The number of amides is 2. The first-order valence-corrected chi connectivity index (χ1v) is 7.61. The zero-order valence-corrected chi connectivity index (χ0v) is 17.6. The maximum Gasteiger partial charge on any atom is 0.242 e. The van der Waals surface area contributed by atoms with E-state index in [1.165, 1.54) is 4.90 Å². The molecule has 0 aromatic carbocycles. The molecule has 0 aliphatic heterocycles. The lowest BCUT2D eigenvalue weighted by atomic mass is 10.1. The van der Waals surface area contributed by atoms with Crippen LogP contribution in [0.3, 0.4) is 0 Å². The second kappa shape index (κ2) is 11.5. The van der Waals surface area contributed by atoms with Gasteiger partial charge in [0.15, 0.2) is 5.96 Å². The Bertz CT molecular complexity index is 405. The van der Waals surface area contributed by atoms with E-state index in [1.54, 1.807) is 14.1 Å². The Balaban J connectivity index is 0. The van der Waals surface area contributed by atoms with Crippen molar-refractivity contribution in [1.29, 1.82) is 0 Å². The number of hydrogen-bond donors (Lipinski definition) is 3. The van der Waals surface area contributed by atoms with E-state index in [9.17, 15) is 9.59 Å². The van der Waals surface area contributed by atoms with E-state index in [-0.39, 0.29) is 60.5 Å². The van der Waals surface area contributed by atoms with Crippen molar-refractivity contribution < 1.29 is 9.59 Å². The lowest BCUT2D eigenvalue weighted by molar-refractivity contribution is -0.127. The zero-order chi connectivity index (χ0) is 17.3. The molecule has 8 heteroatoms. The fraction of sp³-hybridized carbons (Fsp3) is 0.800. The van der Waals surface area contributed by atoms with Crippen LogP contribution in [0.5, 0.6) is 0 Å². The third kappa shape index (κ3) is 13.1. The van der Waals surface area contributed by atoms with Crippen molar-refractivity contribution in [3.05, 3.63) is 0 Å². The minimum Gasteiger partial charge on any atom is -0.354 e. The standard InChI is InChI=1S/C15H31N5O2.HI/c1-8-11(2)18-14(17-10-13(22)20(6)7)16-9-12(21)19-15(3,4)5;/h11H,8-10H2,1-7H3,(H,19,21)(H2,16,17,18);1H. The molecular weight excluding hydrogens is 409 g/mol. The number of aliphatic imine (C=N–C) groups is 1. The lowest BCUT2D eigenvalue weighted by Gasteiger charge is -2.21. The second-order valence-corrected chi connectivity index (χ2v) is 6.56. The van der Waals surface area contributed by atoms with E-state index in [1.807, 2.05) is 34.6 Å². The number of halogens is 1. The SMILES string of the molecule is CCC(C)NC(=NCC(=O)NC(C)(C)C)NCC(=O)N(C)C.I. The van der Waals surface area contributed by atoms with Crippen molar-refractivity contribution in [1.82, 2.24) is 20.9 Å². The molecule has 136 valence electrons. The van der Waals surface area contributed by atoms with Gasteiger partial charge >= 0.3 is 0 Å². The monoisotopic (exact) mass is 441 g/mol. The Hall–Kier alpha value is -1.06. The molecule has 0 radical (unpaired) electrons. The highest BCUT2D eigenvalue weighted by atomic mass is 127. The van der Waals surface area contributed by atoms with Gasteiger partial charge in [0.2, 0.25) is 11.8 Å². The molecule has 0 fully saturated rings. The molecule has 0 aliphatic rings. The first-order valence-electron chi connectivity index (χ1n) is 7.61. The second-order valence-electron chi connectivity index (χ2n) is 6.56. The number of nitrogens with zero attached hydrogens (tertiary/aromatic N) is 2. The summed E-state index contributed by atoms with van der Waals surface area (Å²) in [5.41, 5.74) is -0.286. The van der Waals surface area contributed by atoms with Crippen LogP contribution in [-0.2, 0) is 9.59 Å². The average Bonchev–Trinajstić information content (AvgIpc) is 2.38. The highest BCUT2D eigenvalue weighted by Crippen LogP contribution is 1.97. The van der Waals surface area contributed by atoms with Gasteiger partial charge in [-0.1, -0.05) is 6.92 Å². The van der Waals surface area contributed by atoms with E-state index in [0.717, 1.165) is 6.42 Å². The van der Waals surface area contributed by atoms with Crippen LogP contribution >= 0.6 is 24.0 Å². The fourth-order valence-electron chi connectivity index (χ4n) is 1.41. The van der Waals surface area contributed by atoms with Gasteiger partial charge in [0.05, 0.1) is 6.54 Å². The van der Waals surface area contributed by atoms with E-state index >= 15 is 0 Å². The maximum atomic E-state index is 11.8. The summed E-state index contributed by atoms with van der Waals surface area (Å²) in [5.74, 6) is 0.253. The molecule has 1 unspecified atom stereocenters. The van der Waals surface area contributed by atoms with Gasteiger partial charge in [-0.15, -0.1) is 24.0 Å². The topological polar surface area (TPSA) is 85.8 Å². The normalized spacial score (nSPS) is 12.7. The summed E-state index contributed by atoms with van der Waals surface area (Å²) in [6.45, 7) is 9.96. The first kappa shape index (κ1) is 24.2. The first-order chi connectivity index (χ1) is 10.0. The van der Waals surface area contributed by atoms with Crippen molar-refractivity contribution in [3.8, 4) is 0 Å². The number of rotatable bonds is 6. The summed E-state index contributed by atoms with van der Waals surface area (Å²) >= 11 is 0. The van der Waals surface area contributed by atoms with Crippen LogP contribution in [0.4, 0.5) is 0 Å². The third-order valence-electron chi connectivity index (χ3n) is 2.80. The molecular formula is C15H32IN5O2. The van der Waals surface area contributed by atoms with E-state index in [0.29, 0.717) is 5.96 Å². The van der Waals surface area contributed by atoms with Gasteiger partial charge in [0.1, 0.15) is 6.54 Å². The minimum absolute atomic E-state index is 0. The molecule has 0 aliphatic carbocycles. The Morgan fingerprint density at radius 1 is 1.22 bits per heavy atom. The van der Waals surface area contributed by atoms with Crippen LogP contribution < -0.4 is 16.0 Å². The Kier molecular flexibility index (Phi) is 12.1. The van der Waals surface area contributed by atoms with Crippen LogP contribution in [0, 0.1) is 0 Å². The average molecular weight is 441 g/mol. The minimum atomic E-state index is -0.286. The van der Waals surface area contributed by atoms with Gasteiger partial charge < -0.3 is 20.9 Å². The number of nitrogens with one attached hydrogen (secondary N) is 3. The fourth-order valence-corrected chi connectivity index (χ4v) is 1.41. The van der Waals surface area contributed by atoms with Gasteiger partial charge in [-0.2, -0.15) is 0 Å². The molecule has 0 bridgehead atoms. The summed E-state index contributed by atoms with van der Waals surface area (Å²) in [4.78, 5) is 29.2. The Labute approximate surface area is 157 Å². The zero-order valence-electron chi connectivity index (χ0n) is 15.3. The molecule has 0 spiro atoms. The lowest BCUT2D eigenvalue weighted by Crippen LogP contribution is -2.47. The van der Waals surface area contributed by atoms with Crippen molar-refractivity contribution >= 4 is 41.8 Å². The van der Waals surface area contributed by atoms with E-state index in [2.05, 4.69) is 20.9 Å². The Morgan fingerprint density at radius 3 is 2.22 bits per heavy atom. The molecule has 3 N–H and O–H groups in total. The predicted octanol–water partition coefficient (Wildman–Crippen LogP) is 0.941. The molecule has 1 atom stereocenters. The highest BCUT2D eigenvalue weighted by Gasteiger charge is 2.14. The molecule has 7 nitrogen and oxygen atoms in total. The number of likely N-dealkylation sites (N-methyl/N-ethyl adjacent to an activating group) is 1. The summed E-state index contributed by atoms with van der Waals surface area (Å²) in [6.07, 6.45) is 0.913. The number of hydrogen-bond acceptors (Lipinski definition) is 3. The number of carbonyl (C=O) groups is 2. The van der Waals surface area contributed by atoms with Crippen LogP contribution in [0.1, 0.15) is 41.0 Å². The molecule has 0 saturated carbocycles. The molecule has 0 saturated heterocycles. The summed E-state index contributed by atoms with van der Waals surface area (Å²) in [6, 6.07) is 0.200. The van der Waals surface area contributed by atoms with Gasteiger partial charge in [-0.25, -0.2) is 4.99 Å². The van der Waals surface area contributed by atoms with Crippen LogP contribution in [0.25, 0.3) is 0 Å². The maximum absolute atomic E-state index is 11.8. The smallest absolute Gasteiger partial charge is 0.242 e. The van der Waals surface area contributed by atoms with Gasteiger partial charge in [0.25, 0.3) is 0 Å². The Morgan fingerprint density at radius 2 is 1.78 bits per heavy atom. The molecule has 0 rings (SSSR count). The third-order valence-corrected chi connectivity index (χ3v) is 2.80. The molecule has 0 aromatic heterocycles. The molecule has 2 amide bonds. The summed E-state index contributed by atoms with van der Waals surface area (Å²) in [5, 5.41) is 8.97. The predicted molar refractivity (Wildman–Crippen MR) is 105 cm³/mol. The van der Waals surface area contributed by atoms with Crippen LogP contribution in [0.15, 0.2) is 4.99 Å². The van der Waals surface area contributed by atoms with Crippen molar-refractivity contribution in [2.75, 3.05) is 27.2 Å². The van der Waals surface area contributed by atoms with E-state index in [4.69, 9.17) is 0 Å². The largest absolute Gasteiger partial charge is 0.354 e. The van der Waals surface area contributed by atoms with Gasteiger partial charge in [0, 0.05) is 25.7 Å². The summed E-state index contributed by atoms with van der Waals surface area (Å²) < 4.78 is 0.